The van der Waals surface area contributed by atoms with Gasteiger partial charge >= 0.3 is 0 Å². The quantitative estimate of drug-likeness (QED) is 0.781. The van der Waals surface area contributed by atoms with E-state index in [0.29, 0.717) is 11.5 Å². The second kappa shape index (κ2) is 7.23. The minimum Gasteiger partial charge on any atom is -0.466 e. The number of amides is 1. The highest BCUT2D eigenvalue weighted by Gasteiger charge is 2.47. The number of thioether (sulfide) groups is 1. The summed E-state index contributed by atoms with van der Waals surface area (Å²) in [6, 6.07) is 13.6. The van der Waals surface area contributed by atoms with Crippen LogP contribution in [-0.4, -0.2) is 23.3 Å². The van der Waals surface area contributed by atoms with Gasteiger partial charge in [0.2, 0.25) is 5.91 Å². The molecule has 4 nitrogen and oxygen atoms in total. The summed E-state index contributed by atoms with van der Waals surface area (Å²) >= 11 is 1.57. The van der Waals surface area contributed by atoms with Gasteiger partial charge in [-0.15, -0.1) is 11.8 Å². The Morgan fingerprint density at radius 3 is 2.70 bits per heavy atom. The first-order valence-electron chi connectivity index (χ1n) is 7.83. The summed E-state index contributed by atoms with van der Waals surface area (Å²) in [4.78, 5) is 12.0. The van der Waals surface area contributed by atoms with Crippen LogP contribution >= 0.6 is 11.8 Å². The number of carbonyl (C=O) groups excluding carboxylic acids is 1. The predicted octanol–water partition coefficient (Wildman–Crippen LogP) is 2.93. The van der Waals surface area contributed by atoms with Gasteiger partial charge in [-0.2, -0.15) is 0 Å². The third kappa shape index (κ3) is 4.18. The van der Waals surface area contributed by atoms with Gasteiger partial charge < -0.3 is 14.8 Å². The van der Waals surface area contributed by atoms with Crippen molar-refractivity contribution in [1.82, 2.24) is 5.32 Å². The van der Waals surface area contributed by atoms with E-state index in [1.165, 1.54) is 5.56 Å². The molecule has 1 saturated carbocycles. The van der Waals surface area contributed by atoms with Crippen molar-refractivity contribution in [3.05, 3.63) is 60.1 Å². The van der Waals surface area contributed by atoms with Crippen LogP contribution < -0.4 is 5.32 Å². The third-order valence-electron chi connectivity index (χ3n) is 4.10. The molecule has 0 spiro atoms. The maximum Gasteiger partial charge on any atom is 0.230 e. The monoisotopic (exact) mass is 331 g/mol. The van der Waals surface area contributed by atoms with E-state index in [1.54, 1.807) is 30.2 Å². The van der Waals surface area contributed by atoms with E-state index in [1.807, 2.05) is 30.3 Å². The van der Waals surface area contributed by atoms with Gasteiger partial charge in [0.25, 0.3) is 0 Å². The molecular weight excluding hydrogens is 310 g/mol. The summed E-state index contributed by atoms with van der Waals surface area (Å²) in [5.41, 5.74) is 0.124. The van der Waals surface area contributed by atoms with E-state index in [-0.39, 0.29) is 18.4 Å². The van der Waals surface area contributed by atoms with Crippen LogP contribution in [0.2, 0.25) is 0 Å². The molecule has 2 aromatic rings. The molecule has 0 radical (unpaired) electrons. The van der Waals surface area contributed by atoms with Crippen molar-refractivity contribution in [3.63, 3.8) is 0 Å². The SMILES string of the molecule is O=C(CSCc1ccccc1)NC[C@](O)(c1ccco1)C1CC1. The fourth-order valence-corrected chi connectivity index (χ4v) is 3.46. The molecule has 1 atom stereocenters. The fourth-order valence-electron chi connectivity index (χ4n) is 2.64. The van der Waals surface area contributed by atoms with E-state index < -0.39 is 5.60 Å². The van der Waals surface area contributed by atoms with E-state index in [4.69, 9.17) is 4.42 Å². The van der Waals surface area contributed by atoms with Gasteiger partial charge in [-0.25, -0.2) is 0 Å². The molecule has 3 rings (SSSR count). The van der Waals surface area contributed by atoms with Crippen LogP contribution in [0.5, 0.6) is 0 Å². The lowest BCUT2D eigenvalue weighted by Crippen LogP contribution is -2.42. The Labute approximate surface area is 140 Å². The lowest BCUT2D eigenvalue weighted by Gasteiger charge is -2.26. The smallest absolute Gasteiger partial charge is 0.230 e. The lowest BCUT2D eigenvalue weighted by molar-refractivity contribution is -0.120. The van der Waals surface area contributed by atoms with Crippen LogP contribution in [0.3, 0.4) is 0 Å². The van der Waals surface area contributed by atoms with Crippen molar-refractivity contribution in [2.24, 2.45) is 5.92 Å². The Balaban J connectivity index is 1.46. The molecule has 1 aromatic heterocycles. The van der Waals surface area contributed by atoms with Gasteiger partial charge in [0.05, 0.1) is 18.6 Å². The number of nitrogens with one attached hydrogen (secondary N) is 1. The zero-order valence-electron chi connectivity index (χ0n) is 12.9. The third-order valence-corrected chi connectivity index (χ3v) is 5.10. The Kier molecular flexibility index (Phi) is 5.08. The van der Waals surface area contributed by atoms with Crippen LogP contribution in [0, 0.1) is 5.92 Å². The number of hydrogen-bond donors (Lipinski definition) is 2. The molecule has 1 aliphatic rings. The van der Waals surface area contributed by atoms with Crippen LogP contribution in [0.25, 0.3) is 0 Å². The number of furan rings is 1. The topological polar surface area (TPSA) is 62.5 Å². The molecular formula is C18H21NO3S. The molecule has 0 aliphatic heterocycles. The molecule has 1 heterocycles. The van der Waals surface area contributed by atoms with Gasteiger partial charge in [-0.1, -0.05) is 30.3 Å². The number of aliphatic hydroxyl groups is 1. The highest BCUT2D eigenvalue weighted by molar-refractivity contribution is 7.99. The maximum atomic E-state index is 12.0. The second-order valence-electron chi connectivity index (χ2n) is 5.93. The molecule has 1 aromatic carbocycles. The van der Waals surface area contributed by atoms with Gasteiger partial charge in [0.1, 0.15) is 11.4 Å². The molecule has 0 unspecified atom stereocenters. The number of benzene rings is 1. The van der Waals surface area contributed by atoms with Crippen molar-refractivity contribution in [1.29, 1.82) is 0 Å². The molecule has 0 saturated heterocycles. The highest BCUT2D eigenvalue weighted by atomic mass is 32.2. The standard InChI is InChI=1S/C18H21NO3S/c20-17(12-23-11-14-5-2-1-3-6-14)19-13-18(21,15-8-9-15)16-7-4-10-22-16/h1-7,10,15,21H,8-9,11-13H2,(H,19,20)/t18-/m1/s1. The van der Waals surface area contributed by atoms with Crippen LogP contribution in [0.15, 0.2) is 53.1 Å². The predicted molar refractivity (Wildman–Crippen MR) is 90.9 cm³/mol. The molecule has 1 aliphatic carbocycles. The van der Waals surface area contributed by atoms with Crippen LogP contribution in [0.4, 0.5) is 0 Å². The van der Waals surface area contributed by atoms with Crippen LogP contribution in [-0.2, 0) is 16.1 Å². The summed E-state index contributed by atoms with van der Waals surface area (Å²) < 4.78 is 5.36. The van der Waals surface area contributed by atoms with E-state index in [9.17, 15) is 9.90 Å². The molecule has 122 valence electrons. The first-order valence-corrected chi connectivity index (χ1v) is 8.99. The summed E-state index contributed by atoms with van der Waals surface area (Å²) in [7, 11) is 0. The number of carbonyl (C=O) groups is 1. The van der Waals surface area contributed by atoms with Gasteiger partial charge in [0, 0.05) is 5.75 Å². The van der Waals surface area contributed by atoms with Gasteiger partial charge in [0.15, 0.2) is 0 Å². The Hall–Kier alpha value is -1.72. The van der Waals surface area contributed by atoms with Gasteiger partial charge in [-0.05, 0) is 36.5 Å². The second-order valence-corrected chi connectivity index (χ2v) is 6.92. The normalized spacial score (nSPS) is 16.7. The number of hydrogen-bond acceptors (Lipinski definition) is 4. The Morgan fingerprint density at radius 2 is 2.04 bits per heavy atom. The van der Waals surface area contributed by atoms with Gasteiger partial charge in [-0.3, -0.25) is 4.79 Å². The molecule has 23 heavy (non-hydrogen) atoms. The van der Waals surface area contributed by atoms with Crippen molar-refractivity contribution in [3.8, 4) is 0 Å². The Bertz CT molecular complexity index is 625. The first-order chi connectivity index (χ1) is 11.2. The van der Waals surface area contributed by atoms with Crippen LogP contribution in [0.1, 0.15) is 24.2 Å². The average Bonchev–Trinajstić information content (AvgIpc) is 3.29. The molecule has 1 fully saturated rings. The first kappa shape index (κ1) is 16.1. The molecule has 0 bridgehead atoms. The zero-order chi connectivity index (χ0) is 16.1. The number of rotatable bonds is 8. The van der Waals surface area contributed by atoms with E-state index in [0.717, 1.165) is 18.6 Å². The lowest BCUT2D eigenvalue weighted by atomic mass is 9.94. The average molecular weight is 331 g/mol. The zero-order valence-corrected chi connectivity index (χ0v) is 13.7. The maximum absolute atomic E-state index is 12.0. The van der Waals surface area contributed by atoms with E-state index >= 15 is 0 Å². The Morgan fingerprint density at radius 1 is 1.26 bits per heavy atom. The van der Waals surface area contributed by atoms with Crippen molar-refractivity contribution >= 4 is 17.7 Å². The highest BCUT2D eigenvalue weighted by Crippen LogP contribution is 2.45. The minimum atomic E-state index is -1.08. The van der Waals surface area contributed by atoms with E-state index in [2.05, 4.69) is 5.32 Å². The summed E-state index contributed by atoms with van der Waals surface area (Å²) in [6.45, 7) is 0.204. The summed E-state index contributed by atoms with van der Waals surface area (Å²) in [5, 5.41) is 13.7. The fraction of sp³-hybridized carbons (Fsp3) is 0.389. The van der Waals surface area contributed by atoms with Crippen molar-refractivity contribution in [2.45, 2.75) is 24.2 Å². The van der Waals surface area contributed by atoms with Crippen molar-refractivity contribution in [2.75, 3.05) is 12.3 Å². The summed E-state index contributed by atoms with van der Waals surface area (Å²) in [6.07, 6.45) is 3.49. The van der Waals surface area contributed by atoms with Crippen molar-refractivity contribution < 1.29 is 14.3 Å². The summed E-state index contributed by atoms with van der Waals surface area (Å²) in [5.74, 6) is 1.84. The molecule has 1 amide bonds. The minimum absolute atomic E-state index is 0.0587. The molecule has 5 heteroatoms. The largest absolute Gasteiger partial charge is 0.466 e. The molecule has 2 N–H and O–H groups in total.